The Morgan fingerprint density at radius 1 is 1.44 bits per heavy atom. The molecule has 0 saturated heterocycles. The molecule has 0 fully saturated rings. The van der Waals surface area contributed by atoms with Crippen LogP contribution in [0.25, 0.3) is 0 Å². The van der Waals surface area contributed by atoms with Gasteiger partial charge >= 0.3 is 0 Å². The molecule has 0 aliphatic rings. The van der Waals surface area contributed by atoms with Gasteiger partial charge in [0, 0.05) is 9.13 Å². The highest BCUT2D eigenvalue weighted by Gasteiger charge is 2.27. The maximum Gasteiger partial charge on any atom is 0.277 e. The molecular weight excluding hydrogens is 383 g/mol. The zero-order chi connectivity index (χ0) is 13.1. The van der Waals surface area contributed by atoms with Gasteiger partial charge < -0.3 is 11.1 Å². The normalized spacial score (nSPS) is 10.7. The average Bonchev–Trinajstić information content (AvgIpc) is 2.30. The number of hydrogen-bond donors (Lipinski definition) is 2. The van der Waals surface area contributed by atoms with Gasteiger partial charge in [0.15, 0.2) is 0 Å². The smallest absolute Gasteiger partial charge is 0.277 e. The van der Waals surface area contributed by atoms with Gasteiger partial charge in [-0.3, -0.25) is 4.79 Å². The van der Waals surface area contributed by atoms with Crippen LogP contribution in [0.15, 0.2) is 18.2 Å². The molecular formula is C10H11ClF3IN2O. The molecule has 102 valence electrons. The van der Waals surface area contributed by atoms with Gasteiger partial charge in [-0.25, -0.2) is 13.2 Å². The molecule has 0 heterocycles. The van der Waals surface area contributed by atoms with Crippen LogP contribution in [0.5, 0.6) is 0 Å². The first-order valence-corrected chi connectivity index (χ1v) is 5.75. The van der Waals surface area contributed by atoms with Crippen molar-refractivity contribution in [2.75, 3.05) is 13.1 Å². The van der Waals surface area contributed by atoms with Gasteiger partial charge in [-0.05, 0) is 40.8 Å². The fourth-order valence-electron chi connectivity index (χ4n) is 1.02. The zero-order valence-electron chi connectivity index (χ0n) is 9.05. The second-order valence-electron chi connectivity index (χ2n) is 3.37. The molecule has 3 nitrogen and oxygen atoms in total. The zero-order valence-corrected chi connectivity index (χ0v) is 12.0. The third kappa shape index (κ3) is 4.99. The molecule has 3 N–H and O–H groups in total. The summed E-state index contributed by atoms with van der Waals surface area (Å²) in [5, 5.41) is 2.00. The summed E-state index contributed by atoms with van der Waals surface area (Å²) in [7, 11) is 0. The van der Waals surface area contributed by atoms with E-state index in [4.69, 9.17) is 5.73 Å². The van der Waals surface area contributed by atoms with Crippen molar-refractivity contribution in [2.45, 2.75) is 5.92 Å². The van der Waals surface area contributed by atoms with Gasteiger partial charge in [0.1, 0.15) is 5.82 Å². The van der Waals surface area contributed by atoms with Crippen molar-refractivity contribution in [3.05, 3.63) is 33.1 Å². The molecule has 0 saturated carbocycles. The maximum atomic E-state index is 13.1. The third-order valence-corrected chi connectivity index (χ3v) is 2.86. The summed E-state index contributed by atoms with van der Waals surface area (Å²) in [6.45, 7) is -1.72. The lowest BCUT2D eigenvalue weighted by Crippen LogP contribution is -2.41. The number of nitrogens with one attached hydrogen (secondary N) is 1. The van der Waals surface area contributed by atoms with Crippen molar-refractivity contribution < 1.29 is 18.0 Å². The Kier molecular flexibility index (Phi) is 6.93. The summed E-state index contributed by atoms with van der Waals surface area (Å²) in [6, 6.07) is 3.75. The number of nitrogens with two attached hydrogens (primary N) is 1. The predicted octanol–water partition coefficient (Wildman–Crippen LogP) is 2.18. The number of carbonyl (C=O) groups excluding carboxylic acids is 1. The lowest BCUT2D eigenvalue weighted by atomic mass is 10.2. The van der Waals surface area contributed by atoms with E-state index in [1.165, 1.54) is 12.1 Å². The van der Waals surface area contributed by atoms with Crippen LogP contribution in [0.4, 0.5) is 13.2 Å². The van der Waals surface area contributed by atoms with E-state index in [1.807, 2.05) is 5.32 Å². The average molecular weight is 395 g/mol. The second-order valence-corrected chi connectivity index (χ2v) is 4.53. The minimum atomic E-state index is -3.16. The van der Waals surface area contributed by atoms with E-state index < -0.39 is 30.7 Å². The highest BCUT2D eigenvalue weighted by atomic mass is 127. The second kappa shape index (κ2) is 7.15. The van der Waals surface area contributed by atoms with E-state index in [2.05, 4.69) is 0 Å². The molecule has 1 aromatic rings. The van der Waals surface area contributed by atoms with Crippen molar-refractivity contribution in [2.24, 2.45) is 5.73 Å². The molecule has 0 aliphatic carbocycles. The minimum Gasteiger partial charge on any atom is -0.346 e. The Hall–Kier alpha value is -0.540. The molecule has 8 heteroatoms. The molecule has 0 bridgehead atoms. The van der Waals surface area contributed by atoms with E-state index in [0.29, 0.717) is 3.57 Å². The molecule has 0 aromatic heterocycles. The van der Waals surface area contributed by atoms with E-state index in [1.54, 1.807) is 22.6 Å². The van der Waals surface area contributed by atoms with E-state index in [-0.39, 0.29) is 18.0 Å². The van der Waals surface area contributed by atoms with Crippen LogP contribution in [-0.4, -0.2) is 24.9 Å². The quantitative estimate of drug-likeness (QED) is 0.769. The van der Waals surface area contributed by atoms with Gasteiger partial charge in [-0.1, -0.05) is 0 Å². The van der Waals surface area contributed by atoms with Crippen LogP contribution < -0.4 is 11.1 Å². The summed E-state index contributed by atoms with van der Waals surface area (Å²) in [6.07, 6.45) is 0. The van der Waals surface area contributed by atoms with Gasteiger partial charge in [-0.15, -0.1) is 12.4 Å². The number of benzene rings is 1. The molecule has 1 amide bonds. The van der Waals surface area contributed by atoms with Crippen molar-refractivity contribution in [1.82, 2.24) is 5.32 Å². The van der Waals surface area contributed by atoms with Gasteiger partial charge in [-0.2, -0.15) is 0 Å². The minimum absolute atomic E-state index is 0. The van der Waals surface area contributed by atoms with Gasteiger partial charge in [0.2, 0.25) is 0 Å². The van der Waals surface area contributed by atoms with Crippen LogP contribution in [0.1, 0.15) is 10.4 Å². The lowest BCUT2D eigenvalue weighted by molar-refractivity contribution is 0.0118. The molecule has 0 radical (unpaired) electrons. The van der Waals surface area contributed by atoms with Crippen LogP contribution in [0.2, 0.25) is 0 Å². The fraction of sp³-hybridized carbons (Fsp3) is 0.300. The number of amides is 1. The van der Waals surface area contributed by atoms with Crippen molar-refractivity contribution in [3.63, 3.8) is 0 Å². The number of rotatable bonds is 4. The molecule has 1 rings (SSSR count). The summed E-state index contributed by atoms with van der Waals surface area (Å²) in [5.41, 5.74) is 4.81. The van der Waals surface area contributed by atoms with E-state index in [9.17, 15) is 18.0 Å². The predicted molar refractivity (Wildman–Crippen MR) is 72.7 cm³/mol. The van der Waals surface area contributed by atoms with Crippen LogP contribution in [0.3, 0.4) is 0 Å². The number of carbonyl (C=O) groups is 1. The van der Waals surface area contributed by atoms with E-state index >= 15 is 0 Å². The van der Waals surface area contributed by atoms with Crippen molar-refractivity contribution in [1.29, 1.82) is 0 Å². The Bertz CT molecular complexity index is 432. The monoisotopic (exact) mass is 394 g/mol. The molecule has 1 aromatic carbocycles. The van der Waals surface area contributed by atoms with Crippen LogP contribution in [-0.2, 0) is 0 Å². The number of alkyl halides is 2. The van der Waals surface area contributed by atoms with Crippen molar-refractivity contribution in [3.8, 4) is 0 Å². The third-order valence-electron chi connectivity index (χ3n) is 1.99. The number of hydrogen-bond acceptors (Lipinski definition) is 2. The SMILES string of the molecule is Cl.NCC(F)(F)CNC(=O)c1ccc(I)c(F)c1. The topological polar surface area (TPSA) is 55.1 Å². The first kappa shape index (κ1) is 17.5. The van der Waals surface area contributed by atoms with Gasteiger partial charge in [0.05, 0.1) is 13.1 Å². The highest BCUT2D eigenvalue weighted by molar-refractivity contribution is 14.1. The van der Waals surface area contributed by atoms with Gasteiger partial charge in [0.25, 0.3) is 11.8 Å². The highest BCUT2D eigenvalue weighted by Crippen LogP contribution is 2.13. The summed E-state index contributed by atoms with van der Waals surface area (Å²) < 4.78 is 39.0. The molecule has 0 spiro atoms. The summed E-state index contributed by atoms with van der Waals surface area (Å²) in [5.74, 6) is -4.48. The first-order valence-electron chi connectivity index (χ1n) is 4.67. The fourth-order valence-corrected chi connectivity index (χ4v) is 1.36. The first-order chi connectivity index (χ1) is 7.85. The Morgan fingerprint density at radius 2 is 2.06 bits per heavy atom. The Balaban J connectivity index is 0.00000289. The largest absolute Gasteiger partial charge is 0.346 e. The summed E-state index contributed by atoms with van der Waals surface area (Å²) in [4.78, 5) is 11.4. The molecule has 0 unspecified atom stereocenters. The molecule has 18 heavy (non-hydrogen) atoms. The lowest BCUT2D eigenvalue weighted by Gasteiger charge is -2.14. The maximum absolute atomic E-state index is 13.1. The summed E-state index contributed by atoms with van der Waals surface area (Å²) >= 11 is 1.76. The Labute approximate surface area is 122 Å². The van der Waals surface area contributed by atoms with Crippen LogP contribution >= 0.6 is 35.0 Å². The standard InChI is InChI=1S/C10H10F3IN2O.ClH/c11-7-3-6(1-2-8(7)14)9(17)16-5-10(12,13)4-15;/h1-3H,4-5,15H2,(H,16,17);1H. The van der Waals surface area contributed by atoms with E-state index in [0.717, 1.165) is 6.07 Å². The van der Waals surface area contributed by atoms with Crippen LogP contribution in [0, 0.1) is 9.39 Å². The van der Waals surface area contributed by atoms with Crippen molar-refractivity contribution >= 4 is 40.9 Å². The molecule has 0 aliphatic heterocycles. The Morgan fingerprint density at radius 3 is 2.56 bits per heavy atom. The molecule has 0 atom stereocenters. The number of halogens is 5.